The van der Waals surface area contributed by atoms with Crippen LogP contribution in [0.25, 0.3) is 0 Å². The first-order chi connectivity index (χ1) is 16.0. The second-order valence-electron chi connectivity index (χ2n) is 9.65. The zero-order valence-electron chi connectivity index (χ0n) is 20.6. The first kappa shape index (κ1) is 27.1. The largest absolute Gasteiger partial charge is 0.444 e. The van der Waals surface area contributed by atoms with E-state index in [9.17, 15) is 19.2 Å². The van der Waals surface area contributed by atoms with Gasteiger partial charge in [0, 0.05) is 12.6 Å². The van der Waals surface area contributed by atoms with Gasteiger partial charge in [-0.15, -0.1) is 0 Å². The number of carbonyl (C=O) groups excluding carboxylic acids is 4. The van der Waals surface area contributed by atoms with Crippen LogP contribution in [-0.2, 0) is 19.1 Å². The summed E-state index contributed by atoms with van der Waals surface area (Å²) in [4.78, 5) is 52.5. The molecule has 1 aromatic carbocycles. The summed E-state index contributed by atoms with van der Waals surface area (Å²) in [6, 6.07) is 6.87. The van der Waals surface area contributed by atoms with Gasteiger partial charge in [-0.25, -0.2) is 4.79 Å². The molecular weight excluding hydrogens is 436 g/mol. The number of nitrogens with two attached hydrogens (primary N) is 1. The number of rotatable bonds is 9. The molecule has 0 radical (unpaired) electrons. The van der Waals surface area contributed by atoms with E-state index in [2.05, 4.69) is 10.6 Å². The third-order valence-corrected chi connectivity index (χ3v) is 5.65. The number of primary amides is 1. The second kappa shape index (κ2) is 12.4. The molecule has 1 aliphatic rings. The molecule has 1 saturated carbocycles. The topological polar surface area (TPSA) is 131 Å². The van der Waals surface area contributed by atoms with Crippen molar-refractivity contribution in [3.8, 4) is 0 Å². The lowest BCUT2D eigenvalue weighted by atomic mass is 9.94. The van der Waals surface area contributed by atoms with Crippen molar-refractivity contribution < 1.29 is 23.9 Å². The molecule has 1 fully saturated rings. The van der Waals surface area contributed by atoms with Gasteiger partial charge in [-0.1, -0.05) is 49.6 Å². The van der Waals surface area contributed by atoms with Gasteiger partial charge in [0.05, 0.1) is 6.42 Å². The van der Waals surface area contributed by atoms with Gasteiger partial charge in [0.15, 0.2) is 0 Å². The Labute approximate surface area is 201 Å². The summed E-state index contributed by atoms with van der Waals surface area (Å²) in [6.07, 6.45) is 3.80. The Morgan fingerprint density at radius 1 is 1.09 bits per heavy atom. The van der Waals surface area contributed by atoms with Crippen LogP contribution in [0, 0.1) is 0 Å². The number of hydrogen-bond acceptors (Lipinski definition) is 5. The Morgan fingerprint density at radius 2 is 1.71 bits per heavy atom. The molecular formula is C25H38N4O5. The summed E-state index contributed by atoms with van der Waals surface area (Å²) in [6.45, 7) is 7.00. The highest BCUT2D eigenvalue weighted by Gasteiger charge is 2.36. The average molecular weight is 475 g/mol. The van der Waals surface area contributed by atoms with Crippen LogP contribution in [-0.4, -0.2) is 52.9 Å². The van der Waals surface area contributed by atoms with Crippen LogP contribution in [0.3, 0.4) is 0 Å². The van der Waals surface area contributed by atoms with Crippen LogP contribution < -0.4 is 16.4 Å². The standard InChI is InChI=1S/C25H38N4O5/c1-5-29(23(32)19(16-20(26)30)28-24(33)34-25(2,3)4)21(17-12-8-6-9-13-17)22(31)27-18-14-10-7-11-15-18/h6,8-9,12-13,18-19,21H,5,7,10-11,14-16H2,1-4H3,(H2,26,30)(H,27,31)(H,28,33). The molecule has 2 rings (SSSR count). The van der Waals surface area contributed by atoms with E-state index in [-0.39, 0.29) is 18.5 Å². The van der Waals surface area contributed by atoms with Crippen LogP contribution >= 0.6 is 0 Å². The molecule has 1 aliphatic carbocycles. The molecule has 9 nitrogen and oxygen atoms in total. The molecule has 0 saturated heterocycles. The van der Waals surface area contributed by atoms with Crippen molar-refractivity contribution in [1.29, 1.82) is 0 Å². The maximum absolute atomic E-state index is 13.6. The smallest absolute Gasteiger partial charge is 0.408 e. The molecule has 0 bridgehead atoms. The van der Waals surface area contributed by atoms with Gasteiger partial charge in [0.2, 0.25) is 17.7 Å². The number of likely N-dealkylation sites (N-methyl/N-ethyl adjacent to an activating group) is 1. The molecule has 0 heterocycles. The van der Waals surface area contributed by atoms with Crippen molar-refractivity contribution in [3.63, 3.8) is 0 Å². The number of ether oxygens (including phenoxy) is 1. The lowest BCUT2D eigenvalue weighted by Crippen LogP contribution is -2.54. The molecule has 0 spiro atoms. The monoisotopic (exact) mass is 474 g/mol. The van der Waals surface area contributed by atoms with E-state index >= 15 is 0 Å². The number of nitrogens with zero attached hydrogens (tertiary/aromatic N) is 1. The minimum Gasteiger partial charge on any atom is -0.444 e. The van der Waals surface area contributed by atoms with Crippen molar-refractivity contribution in [2.75, 3.05) is 6.54 Å². The number of benzene rings is 1. The van der Waals surface area contributed by atoms with Gasteiger partial charge in [0.1, 0.15) is 17.7 Å². The highest BCUT2D eigenvalue weighted by molar-refractivity contribution is 5.94. The molecule has 0 aliphatic heterocycles. The average Bonchev–Trinajstić information content (AvgIpc) is 2.76. The highest BCUT2D eigenvalue weighted by atomic mass is 16.6. The van der Waals surface area contributed by atoms with Crippen LogP contribution in [0.2, 0.25) is 0 Å². The van der Waals surface area contributed by atoms with Crippen LogP contribution in [0.4, 0.5) is 4.79 Å². The maximum Gasteiger partial charge on any atom is 0.408 e. The first-order valence-electron chi connectivity index (χ1n) is 12.0. The number of alkyl carbamates (subject to hydrolysis) is 1. The van der Waals surface area contributed by atoms with E-state index in [1.807, 2.05) is 6.07 Å². The quantitative estimate of drug-likeness (QED) is 0.506. The summed E-state index contributed by atoms with van der Waals surface area (Å²) >= 11 is 0. The van der Waals surface area contributed by atoms with Crippen LogP contribution in [0.15, 0.2) is 30.3 Å². The fourth-order valence-corrected chi connectivity index (χ4v) is 4.15. The Kier molecular flexibility index (Phi) is 9.89. The van der Waals surface area contributed by atoms with E-state index < -0.39 is 42.0 Å². The van der Waals surface area contributed by atoms with E-state index in [1.165, 1.54) is 4.90 Å². The minimum atomic E-state index is -1.26. The van der Waals surface area contributed by atoms with Crippen molar-refractivity contribution in [2.45, 2.75) is 89.9 Å². The van der Waals surface area contributed by atoms with E-state index in [0.717, 1.165) is 32.1 Å². The van der Waals surface area contributed by atoms with Crippen molar-refractivity contribution >= 4 is 23.8 Å². The predicted octanol–water partition coefficient (Wildman–Crippen LogP) is 2.79. The Hall–Kier alpha value is -3.10. The van der Waals surface area contributed by atoms with Gasteiger partial charge < -0.3 is 26.0 Å². The van der Waals surface area contributed by atoms with Gasteiger partial charge in [-0.3, -0.25) is 14.4 Å². The molecule has 2 atom stereocenters. The van der Waals surface area contributed by atoms with Crippen LogP contribution in [0.1, 0.15) is 77.8 Å². The summed E-state index contributed by atoms with van der Waals surface area (Å²) in [5, 5.41) is 5.56. The summed E-state index contributed by atoms with van der Waals surface area (Å²) in [5.41, 5.74) is 5.21. The first-order valence-corrected chi connectivity index (χ1v) is 12.0. The molecule has 4 amide bonds. The SMILES string of the molecule is CCN(C(=O)C(CC(N)=O)NC(=O)OC(C)(C)C)C(C(=O)NC1CCCCC1)c1ccccc1. The Morgan fingerprint density at radius 3 is 2.24 bits per heavy atom. The number of hydrogen-bond donors (Lipinski definition) is 3. The van der Waals surface area contributed by atoms with Crippen molar-refractivity contribution in [3.05, 3.63) is 35.9 Å². The minimum absolute atomic E-state index is 0.0579. The lowest BCUT2D eigenvalue weighted by molar-refractivity contribution is -0.143. The Balaban J connectivity index is 2.32. The molecule has 0 aromatic heterocycles. The number of nitrogens with one attached hydrogen (secondary N) is 2. The molecule has 34 heavy (non-hydrogen) atoms. The van der Waals surface area contributed by atoms with Gasteiger partial charge >= 0.3 is 6.09 Å². The fraction of sp³-hybridized carbons (Fsp3) is 0.600. The van der Waals surface area contributed by atoms with Crippen molar-refractivity contribution in [1.82, 2.24) is 15.5 Å². The van der Waals surface area contributed by atoms with Gasteiger partial charge in [-0.2, -0.15) is 0 Å². The third kappa shape index (κ3) is 8.35. The van der Waals surface area contributed by atoms with Crippen molar-refractivity contribution in [2.24, 2.45) is 5.73 Å². The summed E-state index contributed by atoms with van der Waals surface area (Å²) in [5.74, 6) is -1.63. The maximum atomic E-state index is 13.6. The van der Waals surface area contributed by atoms with E-state index in [1.54, 1.807) is 52.0 Å². The third-order valence-electron chi connectivity index (χ3n) is 5.65. The second-order valence-corrected chi connectivity index (χ2v) is 9.65. The number of amides is 4. The predicted molar refractivity (Wildman–Crippen MR) is 129 cm³/mol. The van der Waals surface area contributed by atoms with Crippen LogP contribution in [0.5, 0.6) is 0 Å². The zero-order chi connectivity index (χ0) is 25.3. The summed E-state index contributed by atoms with van der Waals surface area (Å²) in [7, 11) is 0. The summed E-state index contributed by atoms with van der Waals surface area (Å²) < 4.78 is 5.25. The molecule has 2 unspecified atom stereocenters. The molecule has 4 N–H and O–H groups in total. The Bertz CT molecular complexity index is 847. The molecule has 1 aromatic rings. The zero-order valence-corrected chi connectivity index (χ0v) is 20.6. The van der Waals surface area contributed by atoms with E-state index in [4.69, 9.17) is 10.5 Å². The molecule has 9 heteroatoms. The molecule has 188 valence electrons. The highest BCUT2D eigenvalue weighted by Crippen LogP contribution is 2.25. The normalized spacial score (nSPS) is 16.1. The van der Waals surface area contributed by atoms with Gasteiger partial charge in [-0.05, 0) is 46.1 Å². The number of carbonyl (C=O) groups is 4. The van der Waals surface area contributed by atoms with Gasteiger partial charge in [0.25, 0.3) is 0 Å². The van der Waals surface area contributed by atoms with E-state index in [0.29, 0.717) is 5.56 Å². The fourth-order valence-electron chi connectivity index (χ4n) is 4.15. The lowest BCUT2D eigenvalue weighted by Gasteiger charge is -2.34.